The largest absolute Gasteiger partial charge is 0.345 e. The lowest BCUT2D eigenvalue weighted by Crippen LogP contribution is -2.24. The van der Waals surface area contributed by atoms with Crippen molar-refractivity contribution in [2.24, 2.45) is 0 Å². The Balaban J connectivity index is 2.66. The molecule has 0 saturated carbocycles. The molecule has 13 heavy (non-hydrogen) atoms. The molecule has 0 spiro atoms. The first-order valence-electron chi connectivity index (χ1n) is 3.71. The van der Waals surface area contributed by atoms with E-state index in [2.05, 4.69) is 27.9 Å². The Morgan fingerprint density at radius 2 is 2.00 bits per heavy atom. The van der Waals surface area contributed by atoms with Crippen LogP contribution in [0.2, 0.25) is 0 Å². The SMILES string of the molecule is O=CCNC(=O)c1ccc(I)cc1. The summed E-state index contributed by atoms with van der Waals surface area (Å²) in [5, 5.41) is 2.46. The molecular formula is C9H8INO2. The number of hydrogen-bond donors (Lipinski definition) is 1. The second-order valence-electron chi connectivity index (χ2n) is 2.38. The Morgan fingerprint density at radius 1 is 1.38 bits per heavy atom. The molecule has 0 fully saturated rings. The summed E-state index contributed by atoms with van der Waals surface area (Å²) in [5.41, 5.74) is 0.572. The topological polar surface area (TPSA) is 46.2 Å². The highest BCUT2D eigenvalue weighted by Gasteiger charge is 2.02. The smallest absolute Gasteiger partial charge is 0.251 e. The molecule has 1 rings (SSSR count). The third kappa shape index (κ3) is 3.14. The van der Waals surface area contributed by atoms with Crippen molar-refractivity contribution in [2.75, 3.05) is 6.54 Å². The summed E-state index contributed by atoms with van der Waals surface area (Å²) in [5.74, 6) is -0.219. The van der Waals surface area contributed by atoms with Crippen LogP contribution in [0, 0.1) is 3.57 Å². The summed E-state index contributed by atoms with van der Waals surface area (Å²) in [6.07, 6.45) is 0.657. The molecular weight excluding hydrogens is 281 g/mol. The number of nitrogens with one attached hydrogen (secondary N) is 1. The lowest BCUT2D eigenvalue weighted by Gasteiger charge is -2.00. The van der Waals surface area contributed by atoms with Crippen molar-refractivity contribution in [3.8, 4) is 0 Å². The number of rotatable bonds is 3. The molecule has 0 heterocycles. The van der Waals surface area contributed by atoms with E-state index in [-0.39, 0.29) is 12.5 Å². The van der Waals surface area contributed by atoms with E-state index in [0.29, 0.717) is 11.8 Å². The molecule has 3 nitrogen and oxygen atoms in total. The van der Waals surface area contributed by atoms with Crippen LogP contribution < -0.4 is 5.32 Å². The summed E-state index contributed by atoms with van der Waals surface area (Å²) < 4.78 is 1.07. The Labute approximate surface area is 89.7 Å². The molecule has 0 aliphatic carbocycles. The summed E-state index contributed by atoms with van der Waals surface area (Å²) in [6, 6.07) is 7.14. The fourth-order valence-corrected chi connectivity index (χ4v) is 1.20. The number of carbonyl (C=O) groups is 2. The molecule has 4 heteroatoms. The van der Waals surface area contributed by atoms with Crippen LogP contribution in [0.4, 0.5) is 0 Å². The monoisotopic (exact) mass is 289 g/mol. The number of hydrogen-bond acceptors (Lipinski definition) is 2. The van der Waals surface area contributed by atoms with Crippen LogP contribution in [0.5, 0.6) is 0 Å². The van der Waals surface area contributed by atoms with Gasteiger partial charge in [0.05, 0.1) is 6.54 Å². The fourth-order valence-electron chi connectivity index (χ4n) is 0.838. The third-order valence-corrected chi connectivity index (χ3v) is 2.17. The summed E-state index contributed by atoms with van der Waals surface area (Å²) in [6.45, 7) is 0.0603. The average Bonchev–Trinajstić information content (AvgIpc) is 2.15. The maximum atomic E-state index is 11.2. The first kappa shape index (κ1) is 10.2. The summed E-state index contributed by atoms with van der Waals surface area (Å²) >= 11 is 2.16. The van der Waals surface area contributed by atoms with Crippen LogP contribution >= 0.6 is 22.6 Å². The lowest BCUT2D eigenvalue weighted by atomic mass is 10.2. The van der Waals surface area contributed by atoms with E-state index in [1.807, 2.05) is 12.1 Å². The Kier molecular flexibility index (Phi) is 3.88. The first-order chi connectivity index (χ1) is 6.24. The molecule has 0 unspecified atom stereocenters. The van der Waals surface area contributed by atoms with Crippen LogP contribution in [0.25, 0.3) is 0 Å². The van der Waals surface area contributed by atoms with Gasteiger partial charge in [0.2, 0.25) is 0 Å². The number of benzene rings is 1. The van der Waals surface area contributed by atoms with Gasteiger partial charge in [-0.25, -0.2) is 0 Å². The zero-order valence-electron chi connectivity index (χ0n) is 6.79. The first-order valence-corrected chi connectivity index (χ1v) is 4.79. The van der Waals surface area contributed by atoms with Crippen LogP contribution in [-0.2, 0) is 4.79 Å². The highest BCUT2D eigenvalue weighted by atomic mass is 127. The van der Waals surface area contributed by atoms with Gasteiger partial charge in [-0.05, 0) is 46.9 Å². The predicted octanol–water partition coefficient (Wildman–Crippen LogP) is 1.22. The van der Waals surface area contributed by atoms with E-state index in [0.717, 1.165) is 3.57 Å². The molecule has 0 aromatic heterocycles. The maximum Gasteiger partial charge on any atom is 0.251 e. The number of halogens is 1. The van der Waals surface area contributed by atoms with Gasteiger partial charge in [0.25, 0.3) is 5.91 Å². The van der Waals surface area contributed by atoms with Gasteiger partial charge in [-0.15, -0.1) is 0 Å². The Hall–Kier alpha value is -0.910. The molecule has 0 saturated heterocycles. The van der Waals surface area contributed by atoms with E-state index in [9.17, 15) is 9.59 Å². The minimum Gasteiger partial charge on any atom is -0.345 e. The zero-order chi connectivity index (χ0) is 9.68. The molecule has 0 aliphatic rings. The van der Waals surface area contributed by atoms with E-state index in [4.69, 9.17) is 0 Å². The molecule has 0 atom stereocenters. The van der Waals surface area contributed by atoms with E-state index < -0.39 is 0 Å². The molecule has 0 aliphatic heterocycles. The normalized spacial score (nSPS) is 9.31. The van der Waals surface area contributed by atoms with Crippen LogP contribution in [-0.4, -0.2) is 18.7 Å². The van der Waals surface area contributed by atoms with Crippen molar-refractivity contribution in [2.45, 2.75) is 0 Å². The zero-order valence-corrected chi connectivity index (χ0v) is 8.95. The van der Waals surface area contributed by atoms with Crippen molar-refractivity contribution < 1.29 is 9.59 Å². The highest BCUT2D eigenvalue weighted by molar-refractivity contribution is 14.1. The fraction of sp³-hybridized carbons (Fsp3) is 0.111. The average molecular weight is 289 g/mol. The van der Waals surface area contributed by atoms with Gasteiger partial charge >= 0.3 is 0 Å². The molecule has 0 bridgehead atoms. The maximum absolute atomic E-state index is 11.2. The van der Waals surface area contributed by atoms with Crippen molar-refractivity contribution in [3.63, 3.8) is 0 Å². The van der Waals surface area contributed by atoms with E-state index >= 15 is 0 Å². The van der Waals surface area contributed by atoms with Crippen molar-refractivity contribution >= 4 is 34.8 Å². The van der Waals surface area contributed by atoms with Gasteiger partial charge in [0.1, 0.15) is 6.29 Å². The second kappa shape index (κ2) is 4.96. The highest BCUT2D eigenvalue weighted by Crippen LogP contribution is 2.06. The van der Waals surface area contributed by atoms with Gasteiger partial charge in [-0.1, -0.05) is 0 Å². The summed E-state index contributed by atoms with van der Waals surface area (Å²) in [7, 11) is 0. The standard InChI is InChI=1S/C9H8INO2/c10-8-3-1-7(2-4-8)9(13)11-5-6-12/h1-4,6H,5H2,(H,11,13). The third-order valence-electron chi connectivity index (χ3n) is 1.45. The number of carbonyl (C=O) groups excluding carboxylic acids is 2. The van der Waals surface area contributed by atoms with Crippen molar-refractivity contribution in [1.29, 1.82) is 0 Å². The molecule has 0 radical (unpaired) electrons. The molecule has 1 aromatic rings. The molecule has 1 amide bonds. The lowest BCUT2D eigenvalue weighted by molar-refractivity contribution is -0.107. The molecule has 68 valence electrons. The Bertz CT molecular complexity index is 308. The quantitative estimate of drug-likeness (QED) is 0.672. The van der Waals surface area contributed by atoms with Crippen LogP contribution in [0.1, 0.15) is 10.4 Å². The Morgan fingerprint density at radius 3 is 2.54 bits per heavy atom. The van der Waals surface area contributed by atoms with E-state index in [1.165, 1.54) is 0 Å². The summed E-state index contributed by atoms with van der Waals surface area (Å²) in [4.78, 5) is 21.2. The minimum atomic E-state index is -0.219. The van der Waals surface area contributed by atoms with Gasteiger partial charge in [0.15, 0.2) is 0 Å². The van der Waals surface area contributed by atoms with Crippen molar-refractivity contribution in [1.82, 2.24) is 5.32 Å². The van der Waals surface area contributed by atoms with Crippen LogP contribution in [0.15, 0.2) is 24.3 Å². The minimum absolute atomic E-state index is 0.0603. The predicted molar refractivity (Wildman–Crippen MR) is 57.6 cm³/mol. The van der Waals surface area contributed by atoms with Gasteiger partial charge in [-0.2, -0.15) is 0 Å². The number of aldehydes is 1. The van der Waals surface area contributed by atoms with Crippen LogP contribution in [0.3, 0.4) is 0 Å². The number of amides is 1. The van der Waals surface area contributed by atoms with Gasteiger partial charge in [0, 0.05) is 9.13 Å². The molecule has 1 N–H and O–H groups in total. The second-order valence-corrected chi connectivity index (χ2v) is 3.63. The van der Waals surface area contributed by atoms with Gasteiger partial charge < -0.3 is 10.1 Å². The van der Waals surface area contributed by atoms with E-state index in [1.54, 1.807) is 12.1 Å². The van der Waals surface area contributed by atoms with Gasteiger partial charge in [-0.3, -0.25) is 4.79 Å². The molecule has 1 aromatic carbocycles. The van der Waals surface area contributed by atoms with Crippen molar-refractivity contribution in [3.05, 3.63) is 33.4 Å².